The molecule has 0 radical (unpaired) electrons. The fourth-order valence-corrected chi connectivity index (χ4v) is 3.10. The SMILES string of the molecule is C=CCSc1nnc(NC(=O)/C=C/c2cccc(C(F)(F)F)c2)s1. The number of anilines is 1. The molecule has 0 atom stereocenters. The predicted octanol–water partition coefficient (Wildman–Crippen LogP) is 4.49. The molecular formula is C15H12F3N3OS2. The number of carbonyl (C=O) groups excluding carboxylic acids is 1. The van der Waals surface area contributed by atoms with Crippen molar-refractivity contribution >= 4 is 40.2 Å². The van der Waals surface area contributed by atoms with Crippen LogP contribution in [0.4, 0.5) is 18.3 Å². The van der Waals surface area contributed by atoms with E-state index in [9.17, 15) is 18.0 Å². The van der Waals surface area contributed by atoms with Gasteiger partial charge in [-0.05, 0) is 23.8 Å². The van der Waals surface area contributed by atoms with Gasteiger partial charge in [-0.2, -0.15) is 13.2 Å². The van der Waals surface area contributed by atoms with Crippen LogP contribution in [0.25, 0.3) is 6.08 Å². The second kappa shape index (κ2) is 8.11. The van der Waals surface area contributed by atoms with E-state index in [-0.39, 0.29) is 5.56 Å². The highest BCUT2D eigenvalue weighted by Gasteiger charge is 2.30. The predicted molar refractivity (Wildman–Crippen MR) is 89.9 cm³/mol. The Hall–Kier alpha value is -2.13. The largest absolute Gasteiger partial charge is 0.416 e. The number of hydrogen-bond donors (Lipinski definition) is 1. The summed E-state index contributed by atoms with van der Waals surface area (Å²) in [5.74, 6) is 0.182. The van der Waals surface area contributed by atoms with Crippen molar-refractivity contribution in [3.8, 4) is 0 Å². The summed E-state index contributed by atoms with van der Waals surface area (Å²) in [6.45, 7) is 3.59. The van der Waals surface area contributed by atoms with E-state index in [0.29, 0.717) is 15.2 Å². The van der Waals surface area contributed by atoms with Crippen LogP contribution in [0.3, 0.4) is 0 Å². The Balaban J connectivity index is 1.98. The van der Waals surface area contributed by atoms with E-state index in [1.165, 1.54) is 41.3 Å². The molecule has 0 saturated carbocycles. The molecule has 0 aliphatic rings. The van der Waals surface area contributed by atoms with Crippen molar-refractivity contribution in [3.63, 3.8) is 0 Å². The van der Waals surface area contributed by atoms with Gasteiger partial charge in [-0.15, -0.1) is 16.8 Å². The molecule has 126 valence electrons. The summed E-state index contributed by atoms with van der Waals surface area (Å²) in [6.07, 6.45) is -0.243. The molecule has 9 heteroatoms. The third-order valence-electron chi connectivity index (χ3n) is 2.60. The van der Waals surface area contributed by atoms with Crippen molar-refractivity contribution in [2.75, 3.05) is 11.1 Å². The second-order valence-corrected chi connectivity index (χ2v) is 6.66. The quantitative estimate of drug-likeness (QED) is 0.352. The van der Waals surface area contributed by atoms with Gasteiger partial charge in [-0.1, -0.05) is 41.3 Å². The zero-order valence-corrected chi connectivity index (χ0v) is 13.8. The van der Waals surface area contributed by atoms with Gasteiger partial charge >= 0.3 is 6.18 Å². The highest BCUT2D eigenvalue weighted by molar-refractivity contribution is 8.01. The van der Waals surface area contributed by atoms with Crippen LogP contribution in [0.5, 0.6) is 0 Å². The first-order chi connectivity index (χ1) is 11.4. The third-order valence-corrected chi connectivity index (χ3v) is 4.57. The van der Waals surface area contributed by atoms with E-state index in [2.05, 4.69) is 22.1 Å². The molecule has 2 aromatic rings. The van der Waals surface area contributed by atoms with Gasteiger partial charge in [0.05, 0.1) is 5.56 Å². The number of thioether (sulfide) groups is 1. The van der Waals surface area contributed by atoms with E-state index < -0.39 is 17.6 Å². The van der Waals surface area contributed by atoms with Gasteiger partial charge in [0.25, 0.3) is 0 Å². The third kappa shape index (κ3) is 5.50. The van der Waals surface area contributed by atoms with E-state index in [0.717, 1.165) is 18.2 Å². The Kier molecular flexibility index (Phi) is 6.16. The average molecular weight is 371 g/mol. The van der Waals surface area contributed by atoms with E-state index >= 15 is 0 Å². The number of aromatic nitrogens is 2. The van der Waals surface area contributed by atoms with Crippen LogP contribution in [-0.4, -0.2) is 21.9 Å². The molecule has 1 N–H and O–H groups in total. The first-order valence-electron chi connectivity index (χ1n) is 6.62. The number of nitrogens with one attached hydrogen (secondary N) is 1. The average Bonchev–Trinajstić information content (AvgIpc) is 2.98. The standard InChI is InChI=1S/C15H12F3N3OS2/c1-2-8-23-14-21-20-13(24-14)19-12(22)7-6-10-4-3-5-11(9-10)15(16,17)18/h2-7,9H,1,8H2,(H,19,20,22)/b7-6+. The Morgan fingerprint density at radius 1 is 1.38 bits per heavy atom. The summed E-state index contributed by atoms with van der Waals surface area (Å²) in [6, 6.07) is 4.71. The highest BCUT2D eigenvalue weighted by atomic mass is 32.2. The number of hydrogen-bond acceptors (Lipinski definition) is 5. The molecule has 0 spiro atoms. The van der Waals surface area contributed by atoms with Crippen molar-refractivity contribution in [2.45, 2.75) is 10.5 Å². The Bertz CT molecular complexity index is 756. The molecule has 0 unspecified atom stereocenters. The Morgan fingerprint density at radius 3 is 2.88 bits per heavy atom. The maximum Gasteiger partial charge on any atom is 0.416 e. The summed E-state index contributed by atoms with van der Waals surface area (Å²) >= 11 is 2.64. The molecule has 4 nitrogen and oxygen atoms in total. The molecule has 24 heavy (non-hydrogen) atoms. The first kappa shape index (κ1) is 18.2. The van der Waals surface area contributed by atoms with Crippen LogP contribution in [-0.2, 0) is 11.0 Å². The lowest BCUT2D eigenvalue weighted by molar-refractivity contribution is -0.137. The molecule has 1 aromatic carbocycles. The van der Waals surface area contributed by atoms with Gasteiger partial charge in [-0.3, -0.25) is 10.1 Å². The van der Waals surface area contributed by atoms with Gasteiger partial charge in [0.1, 0.15) is 0 Å². The maximum atomic E-state index is 12.6. The van der Waals surface area contributed by atoms with Gasteiger partial charge in [0.2, 0.25) is 11.0 Å². The molecule has 2 rings (SSSR count). The normalized spacial score (nSPS) is 11.6. The topological polar surface area (TPSA) is 54.9 Å². The molecule has 0 fully saturated rings. The van der Waals surface area contributed by atoms with Crippen molar-refractivity contribution < 1.29 is 18.0 Å². The fraction of sp³-hybridized carbons (Fsp3) is 0.133. The zero-order valence-electron chi connectivity index (χ0n) is 12.2. The smallest absolute Gasteiger partial charge is 0.297 e. The van der Waals surface area contributed by atoms with Gasteiger partial charge in [0.15, 0.2) is 4.34 Å². The van der Waals surface area contributed by atoms with Crippen LogP contribution >= 0.6 is 23.1 Å². The number of rotatable bonds is 6. The van der Waals surface area contributed by atoms with E-state index in [1.54, 1.807) is 6.08 Å². The summed E-state index contributed by atoms with van der Waals surface area (Å²) in [7, 11) is 0. The number of amides is 1. The molecular weight excluding hydrogens is 359 g/mol. The Morgan fingerprint density at radius 2 is 2.17 bits per heavy atom. The van der Waals surface area contributed by atoms with Crippen molar-refractivity contribution in [1.82, 2.24) is 10.2 Å². The minimum atomic E-state index is -4.42. The minimum absolute atomic E-state index is 0.277. The van der Waals surface area contributed by atoms with E-state index in [4.69, 9.17) is 0 Å². The first-order valence-corrected chi connectivity index (χ1v) is 8.42. The molecule has 0 aliphatic carbocycles. The summed E-state index contributed by atoms with van der Waals surface area (Å²) in [5.41, 5.74) is -0.488. The lowest BCUT2D eigenvalue weighted by atomic mass is 10.1. The monoisotopic (exact) mass is 371 g/mol. The molecule has 0 saturated heterocycles. The molecule has 0 aliphatic heterocycles. The Labute approximate surface area is 144 Å². The maximum absolute atomic E-state index is 12.6. The fourth-order valence-electron chi connectivity index (χ4n) is 1.59. The summed E-state index contributed by atoms with van der Waals surface area (Å²) in [4.78, 5) is 11.8. The number of carbonyl (C=O) groups is 1. The lowest BCUT2D eigenvalue weighted by Crippen LogP contribution is -2.07. The van der Waals surface area contributed by atoms with E-state index in [1.807, 2.05) is 0 Å². The zero-order chi connectivity index (χ0) is 17.6. The number of halogens is 3. The molecule has 0 bridgehead atoms. The van der Waals surface area contributed by atoms with Crippen LogP contribution in [0.2, 0.25) is 0 Å². The van der Waals surface area contributed by atoms with Crippen LogP contribution < -0.4 is 5.32 Å². The minimum Gasteiger partial charge on any atom is -0.297 e. The molecule has 1 heterocycles. The molecule has 1 aromatic heterocycles. The van der Waals surface area contributed by atoms with Crippen LogP contribution in [0, 0.1) is 0 Å². The number of alkyl halides is 3. The van der Waals surface area contributed by atoms with Crippen molar-refractivity contribution in [1.29, 1.82) is 0 Å². The van der Waals surface area contributed by atoms with Crippen molar-refractivity contribution in [2.24, 2.45) is 0 Å². The van der Waals surface area contributed by atoms with Gasteiger partial charge < -0.3 is 0 Å². The highest BCUT2D eigenvalue weighted by Crippen LogP contribution is 2.29. The van der Waals surface area contributed by atoms with Crippen LogP contribution in [0.15, 0.2) is 47.3 Å². The second-order valence-electron chi connectivity index (χ2n) is 4.42. The number of benzene rings is 1. The summed E-state index contributed by atoms with van der Waals surface area (Å²) in [5, 5.41) is 10.5. The van der Waals surface area contributed by atoms with Crippen molar-refractivity contribution in [3.05, 3.63) is 54.1 Å². The van der Waals surface area contributed by atoms with Gasteiger partial charge in [-0.25, -0.2) is 0 Å². The molecule has 1 amide bonds. The number of nitrogens with zero attached hydrogens (tertiary/aromatic N) is 2. The van der Waals surface area contributed by atoms with Crippen LogP contribution in [0.1, 0.15) is 11.1 Å². The summed E-state index contributed by atoms with van der Waals surface area (Å²) < 4.78 is 38.5. The van der Waals surface area contributed by atoms with Gasteiger partial charge in [0, 0.05) is 11.8 Å². The lowest BCUT2D eigenvalue weighted by Gasteiger charge is -2.06.